The first kappa shape index (κ1) is 20.3. The zero-order valence-electron chi connectivity index (χ0n) is 17.2. The van der Waals surface area contributed by atoms with Crippen molar-refractivity contribution in [3.05, 3.63) is 76.5 Å². The molecule has 2 heterocycles. The molecule has 1 aromatic heterocycles. The average molecular weight is 448 g/mol. The number of urea groups is 1. The molecule has 1 aliphatic carbocycles. The predicted octanol–water partition coefficient (Wildman–Crippen LogP) is 4.26. The van der Waals surface area contributed by atoms with Crippen LogP contribution in [0.1, 0.15) is 23.3 Å². The molecule has 32 heavy (non-hydrogen) atoms. The summed E-state index contributed by atoms with van der Waals surface area (Å²) in [5, 5.41) is 7.57. The quantitative estimate of drug-likeness (QED) is 0.572. The first-order valence-corrected chi connectivity index (χ1v) is 11.3. The minimum Gasteiger partial charge on any atom is -0.455 e. The smallest absolute Gasteiger partial charge is 0.325 e. The van der Waals surface area contributed by atoms with Crippen molar-refractivity contribution in [2.75, 3.05) is 11.9 Å². The molecular formula is C24H21N3O4S. The number of benzene rings is 2. The number of fused-ring (bicyclic) bond motifs is 2. The molecule has 0 unspecified atom stereocenters. The number of ether oxygens (including phenoxy) is 1. The van der Waals surface area contributed by atoms with Gasteiger partial charge in [0.1, 0.15) is 17.8 Å². The molecule has 3 aromatic rings. The number of aryl methyl sites for hydroxylation is 1. The van der Waals surface area contributed by atoms with E-state index in [-0.39, 0.29) is 12.5 Å². The number of imide groups is 1. The SMILES string of the molecule is O=C(CN1C(=O)N[C@]2(CCCc3sccc32)C1=O)Nc1ccccc1Oc1ccccc1. The van der Waals surface area contributed by atoms with Crippen LogP contribution in [-0.2, 0) is 21.5 Å². The van der Waals surface area contributed by atoms with Gasteiger partial charge in [0.15, 0.2) is 5.75 Å². The molecule has 0 radical (unpaired) electrons. The van der Waals surface area contributed by atoms with Crippen LogP contribution < -0.4 is 15.4 Å². The van der Waals surface area contributed by atoms with Crippen molar-refractivity contribution >= 4 is 34.9 Å². The number of thiophene rings is 1. The molecule has 0 bridgehead atoms. The van der Waals surface area contributed by atoms with E-state index in [0.29, 0.717) is 23.6 Å². The maximum Gasteiger partial charge on any atom is 0.325 e. The van der Waals surface area contributed by atoms with Crippen molar-refractivity contribution in [3.8, 4) is 11.5 Å². The molecule has 2 aromatic carbocycles. The van der Waals surface area contributed by atoms with Crippen LogP contribution in [0, 0.1) is 0 Å². The Morgan fingerprint density at radius 3 is 2.72 bits per heavy atom. The number of anilines is 1. The van der Waals surface area contributed by atoms with Crippen molar-refractivity contribution in [1.29, 1.82) is 0 Å². The summed E-state index contributed by atoms with van der Waals surface area (Å²) in [5.41, 5.74) is 0.261. The van der Waals surface area contributed by atoms with Crippen LogP contribution in [0.15, 0.2) is 66.0 Å². The Hall–Kier alpha value is -3.65. The van der Waals surface area contributed by atoms with Gasteiger partial charge in [-0.2, -0.15) is 0 Å². The van der Waals surface area contributed by atoms with Crippen molar-refractivity contribution in [2.24, 2.45) is 0 Å². The normalized spacial score (nSPS) is 19.6. The van der Waals surface area contributed by atoms with E-state index in [9.17, 15) is 14.4 Å². The first-order chi connectivity index (χ1) is 15.6. The van der Waals surface area contributed by atoms with Gasteiger partial charge in [0.25, 0.3) is 5.91 Å². The zero-order chi connectivity index (χ0) is 22.1. The van der Waals surface area contributed by atoms with Gasteiger partial charge in [0.2, 0.25) is 5.91 Å². The second-order valence-electron chi connectivity index (χ2n) is 7.80. The molecule has 1 aliphatic heterocycles. The summed E-state index contributed by atoms with van der Waals surface area (Å²) >= 11 is 1.59. The highest BCUT2D eigenvalue weighted by atomic mass is 32.1. The Kier molecular flexibility index (Phi) is 5.14. The summed E-state index contributed by atoms with van der Waals surface area (Å²) in [5.74, 6) is 0.256. The summed E-state index contributed by atoms with van der Waals surface area (Å²) in [6, 6.07) is 17.6. The molecule has 1 fully saturated rings. The third-order valence-corrected chi connectivity index (χ3v) is 6.75. The van der Waals surface area contributed by atoms with E-state index in [0.717, 1.165) is 28.2 Å². The van der Waals surface area contributed by atoms with Crippen LogP contribution in [-0.4, -0.2) is 29.3 Å². The number of carbonyl (C=O) groups is 3. The van der Waals surface area contributed by atoms with Crippen LogP contribution in [0.5, 0.6) is 11.5 Å². The summed E-state index contributed by atoms with van der Waals surface area (Å²) in [7, 11) is 0. The van der Waals surface area contributed by atoms with Gasteiger partial charge in [-0.05, 0) is 55.0 Å². The van der Waals surface area contributed by atoms with E-state index in [1.165, 1.54) is 0 Å². The van der Waals surface area contributed by atoms with Crippen molar-refractivity contribution in [3.63, 3.8) is 0 Å². The average Bonchev–Trinajstić information content (AvgIpc) is 3.37. The molecule has 162 valence electrons. The lowest BCUT2D eigenvalue weighted by Gasteiger charge is -2.31. The van der Waals surface area contributed by atoms with Gasteiger partial charge in [-0.1, -0.05) is 30.3 Å². The lowest BCUT2D eigenvalue weighted by Crippen LogP contribution is -2.46. The molecule has 4 amide bonds. The third kappa shape index (κ3) is 3.52. The van der Waals surface area contributed by atoms with Crippen LogP contribution in [0.3, 0.4) is 0 Å². The number of amides is 4. The number of nitrogens with zero attached hydrogens (tertiary/aromatic N) is 1. The Morgan fingerprint density at radius 2 is 1.88 bits per heavy atom. The number of hydrogen-bond donors (Lipinski definition) is 2. The molecule has 1 saturated heterocycles. The monoisotopic (exact) mass is 447 g/mol. The number of carbonyl (C=O) groups excluding carboxylic acids is 3. The van der Waals surface area contributed by atoms with Crippen molar-refractivity contribution in [2.45, 2.75) is 24.8 Å². The van der Waals surface area contributed by atoms with Crippen LogP contribution in [0.2, 0.25) is 0 Å². The van der Waals surface area contributed by atoms with Crippen LogP contribution >= 0.6 is 11.3 Å². The minimum absolute atomic E-state index is 0.369. The second-order valence-corrected chi connectivity index (χ2v) is 8.80. The fraction of sp³-hybridized carbons (Fsp3) is 0.208. The van der Waals surface area contributed by atoms with E-state index < -0.39 is 17.5 Å². The number of hydrogen-bond acceptors (Lipinski definition) is 5. The van der Waals surface area contributed by atoms with Gasteiger partial charge < -0.3 is 15.4 Å². The minimum atomic E-state index is -1.06. The Balaban J connectivity index is 1.32. The molecular weight excluding hydrogens is 426 g/mol. The number of nitrogens with one attached hydrogen (secondary N) is 2. The molecule has 1 atom stereocenters. The van der Waals surface area contributed by atoms with Gasteiger partial charge in [0, 0.05) is 10.4 Å². The van der Waals surface area contributed by atoms with Crippen molar-refractivity contribution < 1.29 is 19.1 Å². The van der Waals surface area contributed by atoms with Gasteiger partial charge in [-0.25, -0.2) is 4.79 Å². The number of para-hydroxylation sites is 3. The standard InChI is InChI=1S/C24H21N3O4S/c28-21(25-18-9-4-5-10-19(18)31-16-7-2-1-3-8-16)15-27-22(29)24(26-23(27)30)13-6-11-20-17(24)12-14-32-20/h1-5,7-10,12,14H,6,11,13,15H2,(H,25,28)(H,26,30)/t24-/m0/s1. The lowest BCUT2D eigenvalue weighted by atomic mass is 9.80. The van der Waals surface area contributed by atoms with Crippen molar-refractivity contribution in [1.82, 2.24) is 10.2 Å². The molecule has 7 nitrogen and oxygen atoms in total. The summed E-state index contributed by atoms with van der Waals surface area (Å²) in [6.07, 6.45) is 2.24. The van der Waals surface area contributed by atoms with Gasteiger partial charge in [-0.3, -0.25) is 14.5 Å². The second kappa shape index (κ2) is 8.12. The van der Waals surface area contributed by atoms with Gasteiger partial charge in [-0.15, -0.1) is 11.3 Å². The van der Waals surface area contributed by atoms with Crippen LogP contribution in [0.25, 0.3) is 0 Å². The molecule has 0 saturated carbocycles. The number of rotatable bonds is 5. The largest absolute Gasteiger partial charge is 0.455 e. The lowest BCUT2D eigenvalue weighted by molar-refractivity contribution is -0.134. The predicted molar refractivity (Wildman–Crippen MR) is 121 cm³/mol. The zero-order valence-corrected chi connectivity index (χ0v) is 18.0. The van der Waals surface area contributed by atoms with Gasteiger partial charge in [0.05, 0.1) is 5.69 Å². The maximum atomic E-state index is 13.3. The van der Waals surface area contributed by atoms with E-state index in [1.54, 1.807) is 35.6 Å². The summed E-state index contributed by atoms with van der Waals surface area (Å²) in [6.45, 7) is -0.369. The summed E-state index contributed by atoms with van der Waals surface area (Å²) < 4.78 is 5.87. The maximum absolute atomic E-state index is 13.3. The van der Waals surface area contributed by atoms with E-state index in [1.807, 2.05) is 41.8 Å². The van der Waals surface area contributed by atoms with Crippen LogP contribution in [0.4, 0.5) is 10.5 Å². The van der Waals surface area contributed by atoms with E-state index >= 15 is 0 Å². The molecule has 5 rings (SSSR count). The molecule has 2 N–H and O–H groups in total. The topological polar surface area (TPSA) is 87.7 Å². The Labute approximate surface area is 189 Å². The highest BCUT2D eigenvalue weighted by molar-refractivity contribution is 7.10. The highest BCUT2D eigenvalue weighted by Crippen LogP contribution is 2.42. The fourth-order valence-corrected chi connectivity index (χ4v) is 5.29. The molecule has 8 heteroatoms. The Morgan fingerprint density at radius 1 is 1.09 bits per heavy atom. The summed E-state index contributed by atoms with van der Waals surface area (Å²) in [4.78, 5) is 40.9. The highest BCUT2D eigenvalue weighted by Gasteiger charge is 2.54. The molecule has 1 spiro atoms. The third-order valence-electron chi connectivity index (χ3n) is 5.77. The fourth-order valence-electron chi connectivity index (χ4n) is 4.29. The van der Waals surface area contributed by atoms with Gasteiger partial charge >= 0.3 is 6.03 Å². The van der Waals surface area contributed by atoms with E-state index in [2.05, 4.69) is 10.6 Å². The molecule has 2 aliphatic rings. The van der Waals surface area contributed by atoms with E-state index in [4.69, 9.17) is 4.74 Å². The Bertz CT molecular complexity index is 1190. The first-order valence-electron chi connectivity index (χ1n) is 10.4.